The van der Waals surface area contributed by atoms with Crippen LogP contribution >= 0.6 is 11.6 Å². The van der Waals surface area contributed by atoms with Gasteiger partial charge in [0.15, 0.2) is 11.8 Å². The minimum absolute atomic E-state index is 0.0295. The maximum atomic E-state index is 12.2. The average Bonchev–Trinajstić information content (AvgIpc) is 2.85. The molecule has 0 bridgehead atoms. The summed E-state index contributed by atoms with van der Waals surface area (Å²) in [6.45, 7) is 4.48. The highest BCUT2D eigenvalue weighted by Crippen LogP contribution is 2.13. The van der Waals surface area contributed by atoms with Crippen LogP contribution in [0.5, 0.6) is 0 Å². The molecule has 0 saturated carbocycles. The zero-order valence-electron chi connectivity index (χ0n) is 12.4. The van der Waals surface area contributed by atoms with Crippen molar-refractivity contribution in [2.24, 2.45) is 0 Å². The van der Waals surface area contributed by atoms with E-state index >= 15 is 0 Å². The van der Waals surface area contributed by atoms with Gasteiger partial charge in [-0.2, -0.15) is 0 Å². The van der Waals surface area contributed by atoms with E-state index in [0.29, 0.717) is 11.6 Å². The van der Waals surface area contributed by atoms with Crippen LogP contribution in [-0.2, 0) is 11.3 Å². The summed E-state index contributed by atoms with van der Waals surface area (Å²) in [6, 6.07) is 10.8. The molecule has 0 radical (unpaired) electrons. The van der Waals surface area contributed by atoms with E-state index in [-0.39, 0.29) is 11.9 Å². The first-order valence-corrected chi connectivity index (χ1v) is 7.27. The van der Waals surface area contributed by atoms with Gasteiger partial charge in [0.1, 0.15) is 12.3 Å². The zero-order valence-corrected chi connectivity index (χ0v) is 13.2. The highest BCUT2D eigenvalue weighted by Gasteiger charge is 2.22. The maximum Gasteiger partial charge on any atom is 0.282 e. The standard InChI is InChI=1S/C16H19ClN2O2/c1-11-4-9-15(21-11)10-19(3)12(2)16(20)18-14-7-5-13(17)6-8-14/h4-9,12H,10H2,1-3H3,(H,18,20)/p+1/t12-/m0/s1. The number of aryl methyl sites for hydroxylation is 1. The van der Waals surface area contributed by atoms with Crippen molar-refractivity contribution in [3.8, 4) is 0 Å². The predicted molar refractivity (Wildman–Crippen MR) is 83.6 cm³/mol. The van der Waals surface area contributed by atoms with Crippen molar-refractivity contribution in [2.75, 3.05) is 12.4 Å². The molecule has 21 heavy (non-hydrogen) atoms. The summed E-state index contributed by atoms with van der Waals surface area (Å²) in [7, 11) is 1.98. The largest absolute Gasteiger partial charge is 0.460 e. The highest BCUT2D eigenvalue weighted by molar-refractivity contribution is 6.30. The minimum atomic E-state index is -0.189. The SMILES string of the molecule is Cc1ccc(C[NH+](C)[C@@H](C)C(=O)Nc2ccc(Cl)cc2)o1. The van der Waals surface area contributed by atoms with Crippen molar-refractivity contribution in [1.29, 1.82) is 0 Å². The first-order chi connectivity index (χ1) is 9.95. The van der Waals surface area contributed by atoms with Crippen LogP contribution in [0.25, 0.3) is 0 Å². The number of carbonyl (C=O) groups is 1. The van der Waals surface area contributed by atoms with Crippen LogP contribution < -0.4 is 10.2 Å². The van der Waals surface area contributed by atoms with E-state index in [4.69, 9.17) is 16.0 Å². The van der Waals surface area contributed by atoms with Crippen molar-refractivity contribution in [2.45, 2.75) is 26.4 Å². The quantitative estimate of drug-likeness (QED) is 0.890. The van der Waals surface area contributed by atoms with Gasteiger partial charge in [-0.05, 0) is 50.2 Å². The van der Waals surface area contributed by atoms with Gasteiger partial charge < -0.3 is 14.6 Å². The molecule has 4 nitrogen and oxygen atoms in total. The van der Waals surface area contributed by atoms with E-state index in [0.717, 1.165) is 22.1 Å². The molecule has 2 N–H and O–H groups in total. The number of amides is 1. The van der Waals surface area contributed by atoms with Crippen molar-refractivity contribution < 1.29 is 14.1 Å². The Kier molecular flexibility index (Phi) is 5.04. The molecule has 0 aliphatic rings. The summed E-state index contributed by atoms with van der Waals surface area (Å²) in [4.78, 5) is 13.3. The van der Waals surface area contributed by atoms with Crippen LogP contribution in [-0.4, -0.2) is 19.0 Å². The molecule has 112 valence electrons. The molecule has 0 fully saturated rings. The lowest BCUT2D eigenvalue weighted by Gasteiger charge is -2.20. The second-order valence-corrected chi connectivity index (χ2v) is 5.69. The number of carbonyl (C=O) groups excluding carboxylic acids is 1. The van der Waals surface area contributed by atoms with E-state index in [1.165, 1.54) is 0 Å². The lowest BCUT2D eigenvalue weighted by Crippen LogP contribution is -3.12. The fourth-order valence-corrected chi connectivity index (χ4v) is 2.14. The molecule has 0 spiro atoms. The first-order valence-electron chi connectivity index (χ1n) is 6.90. The molecule has 1 heterocycles. The normalized spacial score (nSPS) is 13.7. The average molecular weight is 308 g/mol. The van der Waals surface area contributed by atoms with Gasteiger partial charge in [-0.3, -0.25) is 4.79 Å². The zero-order chi connectivity index (χ0) is 15.4. The Morgan fingerprint density at radius 3 is 2.52 bits per heavy atom. The molecule has 1 aromatic carbocycles. The minimum Gasteiger partial charge on any atom is -0.460 e. The number of hydrogen-bond donors (Lipinski definition) is 2. The first kappa shape index (κ1) is 15.6. The molecule has 1 unspecified atom stereocenters. The fraction of sp³-hybridized carbons (Fsp3) is 0.312. The van der Waals surface area contributed by atoms with E-state index in [1.54, 1.807) is 24.3 Å². The van der Waals surface area contributed by atoms with Crippen LogP contribution in [0.15, 0.2) is 40.8 Å². The summed E-state index contributed by atoms with van der Waals surface area (Å²) in [6.07, 6.45) is 0. The van der Waals surface area contributed by atoms with Gasteiger partial charge in [0.05, 0.1) is 7.05 Å². The van der Waals surface area contributed by atoms with Crippen molar-refractivity contribution in [3.63, 3.8) is 0 Å². The van der Waals surface area contributed by atoms with E-state index in [1.807, 2.05) is 33.0 Å². The topological polar surface area (TPSA) is 46.7 Å². The Morgan fingerprint density at radius 2 is 1.95 bits per heavy atom. The number of furan rings is 1. The number of hydrogen-bond acceptors (Lipinski definition) is 2. The molecule has 0 saturated heterocycles. The fourth-order valence-electron chi connectivity index (χ4n) is 2.02. The van der Waals surface area contributed by atoms with Gasteiger partial charge in [0.2, 0.25) is 0 Å². The maximum absolute atomic E-state index is 12.2. The Labute approximate surface area is 129 Å². The molecule has 0 aliphatic heterocycles. The van der Waals surface area contributed by atoms with E-state index < -0.39 is 0 Å². The van der Waals surface area contributed by atoms with E-state index in [2.05, 4.69) is 5.32 Å². The van der Waals surface area contributed by atoms with Gasteiger partial charge in [0.25, 0.3) is 5.91 Å². The van der Waals surface area contributed by atoms with Crippen LogP contribution in [0.1, 0.15) is 18.4 Å². The third kappa shape index (κ3) is 4.34. The molecular formula is C16H20ClN2O2+. The van der Waals surface area contributed by atoms with E-state index in [9.17, 15) is 4.79 Å². The van der Waals surface area contributed by atoms with Crippen molar-refractivity contribution in [1.82, 2.24) is 0 Å². The second-order valence-electron chi connectivity index (χ2n) is 5.25. The van der Waals surface area contributed by atoms with Crippen LogP contribution in [0.3, 0.4) is 0 Å². The molecule has 1 aromatic heterocycles. The molecule has 2 atom stereocenters. The van der Waals surface area contributed by atoms with Gasteiger partial charge in [-0.15, -0.1) is 0 Å². The van der Waals surface area contributed by atoms with Crippen LogP contribution in [0, 0.1) is 6.92 Å². The second kappa shape index (κ2) is 6.78. The number of anilines is 1. The summed E-state index contributed by atoms with van der Waals surface area (Å²) in [5.74, 6) is 1.74. The summed E-state index contributed by atoms with van der Waals surface area (Å²) in [5.41, 5.74) is 0.748. The van der Waals surface area contributed by atoms with Crippen molar-refractivity contribution in [3.05, 3.63) is 52.9 Å². The number of quaternary nitrogens is 1. The number of nitrogens with one attached hydrogen (secondary N) is 2. The third-order valence-electron chi connectivity index (χ3n) is 3.49. The Bertz CT molecular complexity index is 607. The third-order valence-corrected chi connectivity index (χ3v) is 3.75. The molecule has 5 heteroatoms. The molecule has 2 aromatic rings. The monoisotopic (exact) mass is 307 g/mol. The number of benzene rings is 1. The molecule has 2 rings (SSSR count). The summed E-state index contributed by atoms with van der Waals surface area (Å²) in [5, 5.41) is 3.54. The van der Waals surface area contributed by atoms with Gasteiger partial charge in [-0.1, -0.05) is 11.6 Å². The Morgan fingerprint density at radius 1 is 1.29 bits per heavy atom. The van der Waals surface area contributed by atoms with Gasteiger partial charge in [0, 0.05) is 10.7 Å². The van der Waals surface area contributed by atoms with Crippen LogP contribution in [0.2, 0.25) is 5.02 Å². The smallest absolute Gasteiger partial charge is 0.282 e. The van der Waals surface area contributed by atoms with Gasteiger partial charge in [-0.25, -0.2) is 0 Å². The molecule has 1 amide bonds. The van der Waals surface area contributed by atoms with Crippen LogP contribution in [0.4, 0.5) is 5.69 Å². The highest BCUT2D eigenvalue weighted by atomic mass is 35.5. The summed E-state index contributed by atoms with van der Waals surface area (Å²) < 4.78 is 5.55. The lowest BCUT2D eigenvalue weighted by molar-refractivity contribution is -0.908. The summed E-state index contributed by atoms with van der Waals surface area (Å²) >= 11 is 5.83. The number of likely N-dealkylation sites (N-methyl/N-ethyl adjacent to an activating group) is 1. The molecule has 0 aliphatic carbocycles. The lowest BCUT2D eigenvalue weighted by atomic mass is 10.2. The van der Waals surface area contributed by atoms with Crippen molar-refractivity contribution >= 4 is 23.2 Å². The number of rotatable bonds is 5. The molecular weight excluding hydrogens is 288 g/mol. The Balaban J connectivity index is 1.93. The van der Waals surface area contributed by atoms with Gasteiger partial charge >= 0.3 is 0 Å². The Hall–Kier alpha value is -1.78. The predicted octanol–water partition coefficient (Wildman–Crippen LogP) is 2.28. The number of halogens is 1.